The average molecular weight is 332 g/mol. The zero-order chi connectivity index (χ0) is 10.3. The van der Waals surface area contributed by atoms with Gasteiger partial charge in [-0.2, -0.15) is 0 Å². The molecule has 0 fully saturated rings. The Hall–Kier alpha value is 4.49. The van der Waals surface area contributed by atoms with Crippen molar-refractivity contribution >= 4 is 168 Å². The Kier molecular flexibility index (Phi) is 31.4. The van der Waals surface area contributed by atoms with Gasteiger partial charge in [-0.25, -0.2) is 4.57 Å². The van der Waals surface area contributed by atoms with Crippen LogP contribution in [-0.2, 0) is 23.1 Å². The van der Waals surface area contributed by atoms with Crippen molar-refractivity contribution in [1.82, 2.24) is 0 Å². The van der Waals surface area contributed by atoms with Gasteiger partial charge >= 0.3 is 168 Å². The molecule has 0 aromatic heterocycles. The van der Waals surface area contributed by atoms with Gasteiger partial charge in [0.25, 0.3) is 0 Å². The second kappa shape index (κ2) is 17.5. The van der Waals surface area contributed by atoms with E-state index in [1.807, 2.05) is 0 Å². The first-order valence-electron chi connectivity index (χ1n) is 3.73. The molecule has 0 aromatic rings. The topological polar surface area (TPSA) is 82.1 Å². The monoisotopic (exact) mass is 332 g/mol. The van der Waals surface area contributed by atoms with Crippen LogP contribution in [0.4, 0.5) is 0 Å². The van der Waals surface area contributed by atoms with E-state index in [0.29, 0.717) is 6.61 Å². The fourth-order valence-electron chi connectivity index (χ4n) is 0.545. The van der Waals surface area contributed by atoms with E-state index in [-0.39, 0.29) is 167 Å². The summed E-state index contributed by atoms with van der Waals surface area (Å²) in [5.41, 5.74) is 0. The molecule has 0 aliphatic carbocycles. The number of ether oxygens (including phenoxy) is 1. The summed E-state index contributed by atoms with van der Waals surface area (Å²) in [6.07, 6.45) is 0. The molecule has 0 heterocycles. The summed E-state index contributed by atoms with van der Waals surface area (Å²) in [6.45, 7) is 3.39. The predicted molar refractivity (Wildman–Crippen MR) is 65.5 cm³/mol. The van der Waals surface area contributed by atoms with Gasteiger partial charge in [0.2, 0.25) is 0 Å². The van der Waals surface area contributed by atoms with Gasteiger partial charge in [0, 0.05) is 13.5 Å². The summed E-state index contributed by atoms with van der Waals surface area (Å²) in [7, 11) is -4.22. The molecule has 0 bridgehead atoms. The first kappa shape index (κ1) is 28.6. The molecule has 6 nitrogen and oxygen atoms in total. The number of hydrogen-bond donors (Lipinski definition) is 1. The fourth-order valence-corrected chi connectivity index (χ4v) is 1.23. The van der Waals surface area contributed by atoms with Gasteiger partial charge < -0.3 is 9.26 Å². The van der Waals surface area contributed by atoms with Crippen LogP contribution in [0.1, 0.15) is 13.8 Å². The maximum atomic E-state index is 10.8. The third-order valence-corrected chi connectivity index (χ3v) is 1.93. The molecule has 0 aliphatic rings. The third kappa shape index (κ3) is 20.8. The molecule has 0 aliphatic heterocycles. The van der Waals surface area contributed by atoms with Crippen LogP contribution in [0.3, 0.4) is 0 Å². The molecule has 0 aromatic carbocycles. The van der Waals surface area contributed by atoms with Crippen LogP contribution < -0.4 is 0 Å². The summed E-state index contributed by atoms with van der Waals surface area (Å²) < 4.78 is 24.1. The molecule has 0 saturated carbocycles. The van der Waals surface area contributed by atoms with Crippen molar-refractivity contribution in [3.8, 4) is 0 Å². The second-order valence-electron chi connectivity index (χ2n) is 2.08. The molecular formula is C6H16K3O6P. The standard InChI is InChI=1S/C6H13O6P.3K.3H/c1-3-10-4-5-11-13(8,9)12-6(2)7;;;;;;/h3-5H2,1-2H3,(H,8,9);;;;;;. The minimum absolute atomic E-state index is 0. The molecule has 1 atom stereocenters. The maximum absolute atomic E-state index is 10.8. The van der Waals surface area contributed by atoms with E-state index in [4.69, 9.17) is 9.63 Å². The molecule has 0 spiro atoms. The summed E-state index contributed by atoms with van der Waals surface area (Å²) in [6, 6.07) is 0. The van der Waals surface area contributed by atoms with E-state index in [1.54, 1.807) is 6.92 Å². The summed E-state index contributed by atoms with van der Waals surface area (Å²) >= 11 is 0. The van der Waals surface area contributed by atoms with Crippen LogP contribution in [0.15, 0.2) is 0 Å². The van der Waals surface area contributed by atoms with E-state index >= 15 is 0 Å². The van der Waals surface area contributed by atoms with Crippen LogP contribution in [0.2, 0.25) is 0 Å². The van der Waals surface area contributed by atoms with Gasteiger partial charge in [0.1, 0.15) is 0 Å². The minimum atomic E-state index is -4.22. The SMILES string of the molecule is CCOCCOP(=O)(O)OC(C)=O.[KH].[KH].[KH]. The first-order chi connectivity index (χ1) is 5.98. The number of hydrogen-bond acceptors (Lipinski definition) is 5. The first-order valence-corrected chi connectivity index (χ1v) is 5.22. The Morgan fingerprint density at radius 3 is 2.12 bits per heavy atom. The van der Waals surface area contributed by atoms with E-state index in [1.165, 1.54) is 0 Å². The van der Waals surface area contributed by atoms with E-state index in [9.17, 15) is 9.36 Å². The Balaban J connectivity index is -0.000000240. The van der Waals surface area contributed by atoms with E-state index in [0.717, 1.165) is 6.92 Å². The van der Waals surface area contributed by atoms with Gasteiger partial charge in [0.05, 0.1) is 13.2 Å². The van der Waals surface area contributed by atoms with Crippen molar-refractivity contribution in [2.24, 2.45) is 0 Å². The van der Waals surface area contributed by atoms with Crippen LogP contribution in [-0.4, -0.2) is 185 Å². The average Bonchev–Trinajstić information content (AvgIpc) is 1.95. The Bertz CT molecular complexity index is 214. The normalized spacial score (nSPS) is 12.2. The molecule has 0 saturated heterocycles. The Labute approximate surface area is 223 Å². The number of phosphoric ester groups is 1. The predicted octanol–water partition coefficient (Wildman–Crippen LogP) is -1.24. The van der Waals surface area contributed by atoms with Crippen LogP contribution in [0, 0.1) is 0 Å². The molecule has 84 valence electrons. The quantitative estimate of drug-likeness (QED) is 0.372. The molecule has 1 N–H and O–H groups in total. The van der Waals surface area contributed by atoms with Gasteiger partial charge in [-0.05, 0) is 6.92 Å². The van der Waals surface area contributed by atoms with Gasteiger partial charge in [0.15, 0.2) is 0 Å². The van der Waals surface area contributed by atoms with Crippen molar-refractivity contribution in [2.45, 2.75) is 13.8 Å². The molecule has 1 unspecified atom stereocenters. The molecule has 0 rings (SSSR count). The molecule has 10 heteroatoms. The number of carbonyl (C=O) groups excluding carboxylic acids is 1. The van der Waals surface area contributed by atoms with Crippen LogP contribution >= 0.6 is 7.82 Å². The Morgan fingerprint density at radius 2 is 1.75 bits per heavy atom. The summed E-state index contributed by atoms with van der Waals surface area (Å²) in [5, 5.41) is 0. The second-order valence-corrected chi connectivity index (χ2v) is 3.46. The molecule has 16 heavy (non-hydrogen) atoms. The van der Waals surface area contributed by atoms with Gasteiger partial charge in [-0.3, -0.25) is 14.2 Å². The number of carbonyl (C=O) groups is 1. The van der Waals surface area contributed by atoms with Crippen molar-refractivity contribution in [2.75, 3.05) is 19.8 Å². The van der Waals surface area contributed by atoms with Gasteiger partial charge in [-0.1, -0.05) is 0 Å². The molecule has 0 amide bonds. The van der Waals surface area contributed by atoms with Crippen molar-refractivity contribution in [3.63, 3.8) is 0 Å². The zero-order valence-corrected chi connectivity index (χ0v) is 8.45. The molecule has 0 radical (unpaired) electrons. The molecular weight excluding hydrogens is 316 g/mol. The fraction of sp³-hybridized carbons (Fsp3) is 0.833. The number of rotatable bonds is 6. The van der Waals surface area contributed by atoms with Crippen LogP contribution in [0.25, 0.3) is 0 Å². The summed E-state index contributed by atoms with van der Waals surface area (Å²) in [5.74, 6) is -0.859. The van der Waals surface area contributed by atoms with Crippen molar-refractivity contribution < 1.29 is 28.0 Å². The van der Waals surface area contributed by atoms with Crippen LogP contribution in [0.5, 0.6) is 0 Å². The van der Waals surface area contributed by atoms with E-state index in [2.05, 4.69) is 9.05 Å². The van der Waals surface area contributed by atoms with E-state index < -0.39 is 13.8 Å². The van der Waals surface area contributed by atoms with Crippen molar-refractivity contribution in [3.05, 3.63) is 0 Å². The number of phosphoric acid groups is 1. The van der Waals surface area contributed by atoms with Crippen molar-refractivity contribution in [1.29, 1.82) is 0 Å². The Morgan fingerprint density at radius 1 is 1.25 bits per heavy atom. The third-order valence-electron chi connectivity index (χ3n) is 0.930. The zero-order valence-electron chi connectivity index (χ0n) is 7.56. The summed E-state index contributed by atoms with van der Waals surface area (Å²) in [4.78, 5) is 19.1. The van der Waals surface area contributed by atoms with Gasteiger partial charge in [-0.15, -0.1) is 0 Å².